The van der Waals surface area contributed by atoms with Gasteiger partial charge in [-0.1, -0.05) is 363 Å². The lowest BCUT2D eigenvalue weighted by atomic mass is 9.79. The minimum atomic E-state index is 0.269. The summed E-state index contributed by atoms with van der Waals surface area (Å²) in [5.74, 6) is 2.74. The van der Waals surface area contributed by atoms with Crippen LogP contribution in [0.2, 0.25) is 0 Å². The highest BCUT2D eigenvalue weighted by Gasteiger charge is 2.28. The van der Waals surface area contributed by atoms with Crippen molar-refractivity contribution in [1.29, 1.82) is 0 Å². The summed E-state index contributed by atoms with van der Waals surface area (Å²) in [6.45, 7) is 61.8. The van der Waals surface area contributed by atoms with E-state index in [1.165, 1.54) is 159 Å². The Bertz CT molecular complexity index is 3230. The van der Waals surface area contributed by atoms with Crippen LogP contribution in [0.5, 0.6) is 0 Å². The van der Waals surface area contributed by atoms with Gasteiger partial charge in [0.25, 0.3) is 0 Å². The highest BCUT2D eigenvalue weighted by molar-refractivity contribution is 5.62. The van der Waals surface area contributed by atoms with Gasteiger partial charge in [0, 0.05) is 0 Å². The van der Waals surface area contributed by atoms with Crippen molar-refractivity contribution in [1.82, 2.24) is 0 Å². The van der Waals surface area contributed by atoms with Crippen LogP contribution in [0.15, 0.2) is 151 Å². The normalized spacial score (nSPS) is 17.7. The first-order chi connectivity index (χ1) is 45.3. The van der Waals surface area contributed by atoms with E-state index in [0.29, 0.717) is 37.9 Å². The first-order valence-corrected chi connectivity index (χ1v) is 39.2. The SMILES string of the molecule is CC(C)(C)C1=CCCC1.CC(C)(C)C1C=CCC1.CC(C)(C)C1CC=CC1.CC(C)(C)C1CCCC1.CC(C)(C)c1ccc2c(c1)C=CC2.CC(C)(C)c1ccc2c(c1)CC=C2.CC(C)(C)c1ccc2c(c1)CCC2.CC(C)(C)c1ccc2c(c1)CCC2.CC(C)(C)c1ccccc1. The number of hydrogen-bond acceptors (Lipinski definition) is 0. The van der Waals surface area contributed by atoms with Crippen LogP contribution in [-0.2, 0) is 65.6 Å². The highest BCUT2D eigenvalue weighted by Crippen LogP contribution is 2.40. The molecule has 0 aliphatic heterocycles. The molecule has 540 valence electrons. The fourth-order valence-electron chi connectivity index (χ4n) is 14.3. The number of allylic oxidation sites excluding steroid dienone is 8. The van der Waals surface area contributed by atoms with E-state index < -0.39 is 0 Å². The fourth-order valence-corrected chi connectivity index (χ4v) is 14.3. The highest BCUT2D eigenvalue weighted by atomic mass is 14.3. The quantitative estimate of drug-likeness (QED) is 0.136. The molecule has 5 aromatic carbocycles. The summed E-state index contributed by atoms with van der Waals surface area (Å²) in [5, 5.41) is 0. The number of rotatable bonds is 0. The Labute approximate surface area is 607 Å². The number of hydrogen-bond donors (Lipinski definition) is 0. The second-order valence-electron chi connectivity index (χ2n) is 39.5. The fraction of sp³-hybridized carbons (Fsp3) is 0.592. The summed E-state index contributed by atoms with van der Waals surface area (Å²) in [4.78, 5) is 0. The van der Waals surface area contributed by atoms with Crippen LogP contribution in [0.1, 0.15) is 343 Å². The predicted molar refractivity (Wildman–Crippen MR) is 441 cm³/mol. The van der Waals surface area contributed by atoms with Crippen molar-refractivity contribution in [3.8, 4) is 0 Å². The first-order valence-electron chi connectivity index (χ1n) is 39.2. The van der Waals surface area contributed by atoms with E-state index in [2.05, 4.69) is 345 Å². The first kappa shape index (κ1) is 83.5. The summed E-state index contributed by atoms with van der Waals surface area (Å²) in [6, 6.07) is 38.3. The predicted octanol–water partition coefficient (Wildman–Crippen LogP) is 29.4. The second kappa shape index (κ2) is 36.1. The van der Waals surface area contributed by atoms with E-state index in [1.54, 1.807) is 27.8 Å². The summed E-state index contributed by atoms with van der Waals surface area (Å²) in [5.41, 5.74) is 24.4. The summed E-state index contributed by atoms with van der Waals surface area (Å²) >= 11 is 0. The lowest BCUT2D eigenvalue weighted by molar-refractivity contribution is 0.246. The van der Waals surface area contributed by atoms with E-state index in [-0.39, 0.29) is 10.8 Å². The molecule has 8 aliphatic rings. The maximum Gasteiger partial charge on any atom is -0.00881 e. The van der Waals surface area contributed by atoms with Crippen molar-refractivity contribution in [2.45, 2.75) is 336 Å². The van der Waals surface area contributed by atoms with Gasteiger partial charge in [0.1, 0.15) is 0 Å². The van der Waals surface area contributed by atoms with Gasteiger partial charge in [-0.2, -0.15) is 0 Å². The molecule has 0 heteroatoms. The molecule has 5 aromatic rings. The van der Waals surface area contributed by atoms with Crippen LogP contribution in [0.25, 0.3) is 12.2 Å². The Morgan fingerprint density at radius 1 is 0.286 bits per heavy atom. The van der Waals surface area contributed by atoms with E-state index in [1.807, 2.05) is 0 Å². The van der Waals surface area contributed by atoms with Crippen LogP contribution in [0.4, 0.5) is 0 Å². The largest absolute Gasteiger partial charge is 0.0882 e. The van der Waals surface area contributed by atoms with E-state index in [0.717, 1.165) is 30.6 Å². The van der Waals surface area contributed by atoms with Gasteiger partial charge >= 0.3 is 0 Å². The molecule has 0 N–H and O–H groups in total. The molecule has 1 saturated carbocycles. The zero-order chi connectivity index (χ0) is 73.1. The van der Waals surface area contributed by atoms with Crippen LogP contribution in [-0.4, -0.2) is 0 Å². The Hall–Kier alpha value is -5.20. The molecule has 1 unspecified atom stereocenters. The molecular formula is C98H148. The molecule has 98 heavy (non-hydrogen) atoms. The molecule has 1 fully saturated rings. The van der Waals surface area contributed by atoms with Crippen LogP contribution >= 0.6 is 0 Å². The average molecular weight is 1330 g/mol. The second-order valence-corrected chi connectivity index (χ2v) is 39.5. The molecule has 0 nitrogen and oxygen atoms in total. The van der Waals surface area contributed by atoms with Gasteiger partial charge in [-0.3, -0.25) is 0 Å². The lowest BCUT2D eigenvalue weighted by Gasteiger charge is -2.26. The third-order valence-electron chi connectivity index (χ3n) is 21.8. The molecule has 8 aliphatic carbocycles. The molecule has 0 radical (unpaired) electrons. The van der Waals surface area contributed by atoms with Crippen LogP contribution in [0, 0.1) is 39.4 Å². The molecule has 13 rings (SSSR count). The van der Waals surface area contributed by atoms with Crippen molar-refractivity contribution in [2.75, 3.05) is 0 Å². The third-order valence-corrected chi connectivity index (χ3v) is 21.8. The van der Waals surface area contributed by atoms with Crippen molar-refractivity contribution < 1.29 is 0 Å². The van der Waals surface area contributed by atoms with Gasteiger partial charge in [-0.05, 0) is 248 Å². The molecule has 0 saturated heterocycles. The molecule has 0 heterocycles. The van der Waals surface area contributed by atoms with Gasteiger partial charge < -0.3 is 0 Å². The maximum atomic E-state index is 2.41. The molecule has 1 atom stereocenters. The van der Waals surface area contributed by atoms with Crippen LogP contribution in [0.3, 0.4) is 0 Å². The van der Waals surface area contributed by atoms with Crippen molar-refractivity contribution in [2.24, 2.45) is 39.4 Å². The Balaban J connectivity index is 0.000000200. The maximum absolute atomic E-state index is 2.41. The number of benzene rings is 5. The zero-order valence-corrected chi connectivity index (χ0v) is 68.7. The molecular weight excluding hydrogens is 1180 g/mol. The van der Waals surface area contributed by atoms with Crippen molar-refractivity contribution in [3.05, 3.63) is 224 Å². The monoisotopic (exact) mass is 1330 g/mol. The minimum Gasteiger partial charge on any atom is -0.0882 e. The minimum absolute atomic E-state index is 0.269. The number of aryl methyl sites for hydroxylation is 4. The van der Waals surface area contributed by atoms with Gasteiger partial charge in [0.2, 0.25) is 0 Å². The summed E-state index contributed by atoms with van der Waals surface area (Å²) < 4.78 is 0. The van der Waals surface area contributed by atoms with Gasteiger partial charge in [-0.15, -0.1) is 0 Å². The van der Waals surface area contributed by atoms with E-state index in [4.69, 9.17) is 0 Å². The summed E-state index contributed by atoms with van der Waals surface area (Å²) in [6.07, 6.45) is 45.8. The zero-order valence-electron chi connectivity index (χ0n) is 68.7. The van der Waals surface area contributed by atoms with Crippen molar-refractivity contribution >= 4 is 12.2 Å². The van der Waals surface area contributed by atoms with Crippen molar-refractivity contribution in [3.63, 3.8) is 0 Å². The Kier molecular flexibility index (Phi) is 30.7. The molecule has 0 bridgehead atoms. The molecule has 0 aromatic heterocycles. The summed E-state index contributed by atoms with van der Waals surface area (Å²) in [7, 11) is 0. The molecule has 0 amide bonds. The Morgan fingerprint density at radius 3 is 1.06 bits per heavy atom. The van der Waals surface area contributed by atoms with E-state index >= 15 is 0 Å². The lowest BCUT2D eigenvalue weighted by Crippen LogP contribution is -2.16. The third kappa shape index (κ3) is 28.3. The molecule has 0 spiro atoms. The smallest absolute Gasteiger partial charge is 0.00881 e. The number of fused-ring (bicyclic) bond motifs is 4. The van der Waals surface area contributed by atoms with Gasteiger partial charge in [0.15, 0.2) is 0 Å². The topological polar surface area (TPSA) is 0 Å². The standard InChI is InChI=1S/2C13H18.2C13H16.C10H14.C9H18.3C9H16/c4*1-13(2,3)12-8-7-10-5-4-6-11(10)9-12;1-10(2,3)9-7-5-4-6-8-9;4*1-9(2,3)8-6-4-5-7-8/h2*7-9H,4-6H2,1-3H3;4,6-9H,5H2,1-3H3;4-5,7-9H,6H2,1-3H3;4-8H,1-3H3;8H,4-7H2,1-3H3;6H,4-5,7H2,1-3H3;4,6,8H,5,7H2,1-3H3;4-5,8H,6-7H2,1-3H3. The Morgan fingerprint density at radius 2 is 0.704 bits per heavy atom. The van der Waals surface area contributed by atoms with E-state index in [9.17, 15) is 0 Å². The van der Waals surface area contributed by atoms with Gasteiger partial charge in [-0.25, -0.2) is 0 Å². The van der Waals surface area contributed by atoms with Gasteiger partial charge in [0.05, 0.1) is 0 Å². The van der Waals surface area contributed by atoms with Crippen LogP contribution < -0.4 is 0 Å². The average Bonchev–Trinajstić information content (AvgIpc) is 1.55.